The molecule has 0 spiro atoms. The number of carbonyl (C=O) groups excluding carboxylic acids is 1. The molecule has 3 aromatic rings. The molecular formula is C18H19N3O2. The number of urea groups is 1. The number of fused-ring (bicyclic) bond motifs is 1. The van der Waals surface area contributed by atoms with Gasteiger partial charge in [-0.3, -0.25) is 4.98 Å². The van der Waals surface area contributed by atoms with Gasteiger partial charge in [-0.15, -0.1) is 0 Å². The predicted octanol–water partition coefficient (Wildman–Crippen LogP) is 3.70. The van der Waals surface area contributed by atoms with Gasteiger partial charge in [-0.05, 0) is 32.0 Å². The number of hydrogen-bond donors (Lipinski definition) is 2. The fraction of sp³-hybridized carbons (Fsp3) is 0.222. The monoisotopic (exact) mass is 309 g/mol. The maximum absolute atomic E-state index is 12.0. The number of rotatable bonds is 4. The molecule has 2 amide bonds. The summed E-state index contributed by atoms with van der Waals surface area (Å²) in [6.07, 6.45) is 1.70. The van der Waals surface area contributed by atoms with E-state index in [9.17, 15) is 4.79 Å². The zero-order valence-electron chi connectivity index (χ0n) is 13.2. The number of hydrogen-bond acceptors (Lipinski definition) is 3. The minimum absolute atomic E-state index is 0.217. The number of carbonyl (C=O) groups is 1. The molecule has 118 valence electrons. The van der Waals surface area contributed by atoms with Crippen LogP contribution in [0.1, 0.15) is 30.0 Å². The second kappa shape index (κ2) is 6.52. The summed E-state index contributed by atoms with van der Waals surface area (Å²) in [5, 5.41) is 6.77. The number of nitrogens with one attached hydrogen (secondary N) is 2. The van der Waals surface area contributed by atoms with Gasteiger partial charge in [0.1, 0.15) is 11.3 Å². The number of furan rings is 1. The summed E-state index contributed by atoms with van der Waals surface area (Å²) in [4.78, 5) is 16.2. The Morgan fingerprint density at radius 2 is 2.00 bits per heavy atom. The van der Waals surface area contributed by atoms with E-state index in [2.05, 4.69) is 15.6 Å². The lowest BCUT2D eigenvalue weighted by Crippen LogP contribution is -2.36. The molecule has 0 aliphatic heterocycles. The molecule has 0 saturated heterocycles. The molecule has 1 unspecified atom stereocenters. The molecule has 2 heterocycles. The Labute approximate surface area is 134 Å². The molecule has 3 rings (SSSR count). The smallest absolute Gasteiger partial charge is 0.315 e. The van der Waals surface area contributed by atoms with Crippen LogP contribution < -0.4 is 10.6 Å². The number of aromatic nitrogens is 1. The van der Waals surface area contributed by atoms with E-state index < -0.39 is 0 Å². The minimum atomic E-state index is -0.247. The van der Waals surface area contributed by atoms with Gasteiger partial charge in [-0.25, -0.2) is 4.79 Å². The van der Waals surface area contributed by atoms with Crippen LogP contribution in [-0.2, 0) is 6.54 Å². The maximum atomic E-state index is 12.0. The van der Waals surface area contributed by atoms with Crippen molar-refractivity contribution in [1.29, 1.82) is 0 Å². The Morgan fingerprint density at radius 1 is 1.22 bits per heavy atom. The lowest BCUT2D eigenvalue weighted by atomic mass is 10.1. The largest absolute Gasteiger partial charge is 0.459 e. The molecule has 5 nitrogen and oxygen atoms in total. The van der Waals surface area contributed by atoms with Gasteiger partial charge < -0.3 is 15.1 Å². The zero-order chi connectivity index (χ0) is 16.2. The van der Waals surface area contributed by atoms with Crippen LogP contribution in [0.4, 0.5) is 4.79 Å². The highest BCUT2D eigenvalue weighted by atomic mass is 16.3. The van der Waals surface area contributed by atoms with E-state index in [1.807, 2.05) is 56.3 Å². The number of nitrogens with zero attached hydrogens (tertiary/aromatic N) is 1. The van der Waals surface area contributed by atoms with Gasteiger partial charge in [0.15, 0.2) is 0 Å². The van der Waals surface area contributed by atoms with Gasteiger partial charge in [-0.2, -0.15) is 0 Å². The van der Waals surface area contributed by atoms with Gasteiger partial charge in [0.2, 0.25) is 0 Å². The lowest BCUT2D eigenvalue weighted by molar-refractivity contribution is 0.236. The molecule has 23 heavy (non-hydrogen) atoms. The SMILES string of the molecule is Cc1c(C(C)NC(=O)NCc2ccccn2)oc2ccccc12. The first-order chi connectivity index (χ1) is 11.1. The molecule has 0 aliphatic rings. The van der Waals surface area contributed by atoms with Crippen molar-refractivity contribution in [1.82, 2.24) is 15.6 Å². The van der Waals surface area contributed by atoms with Crippen LogP contribution in [0, 0.1) is 6.92 Å². The van der Waals surface area contributed by atoms with Gasteiger partial charge in [0, 0.05) is 17.1 Å². The molecule has 0 aliphatic carbocycles. The van der Waals surface area contributed by atoms with Crippen LogP contribution >= 0.6 is 0 Å². The Kier molecular flexibility index (Phi) is 4.28. The second-order valence-electron chi connectivity index (χ2n) is 5.46. The van der Waals surface area contributed by atoms with Crippen molar-refractivity contribution in [3.8, 4) is 0 Å². The van der Waals surface area contributed by atoms with Crippen LogP contribution in [0.3, 0.4) is 0 Å². The van der Waals surface area contributed by atoms with Gasteiger partial charge in [0.25, 0.3) is 0 Å². The van der Waals surface area contributed by atoms with Crippen molar-refractivity contribution >= 4 is 17.0 Å². The van der Waals surface area contributed by atoms with Crippen molar-refractivity contribution in [2.24, 2.45) is 0 Å². The quantitative estimate of drug-likeness (QED) is 0.772. The summed E-state index contributed by atoms with van der Waals surface area (Å²) in [6, 6.07) is 13.0. The summed E-state index contributed by atoms with van der Waals surface area (Å²) in [6.45, 7) is 4.30. The number of benzene rings is 1. The lowest BCUT2D eigenvalue weighted by Gasteiger charge is -2.13. The first-order valence-corrected chi connectivity index (χ1v) is 7.57. The van der Waals surface area contributed by atoms with Crippen molar-refractivity contribution in [2.75, 3.05) is 0 Å². The van der Waals surface area contributed by atoms with Crippen molar-refractivity contribution in [2.45, 2.75) is 26.4 Å². The van der Waals surface area contributed by atoms with E-state index in [0.29, 0.717) is 6.54 Å². The second-order valence-corrected chi connectivity index (χ2v) is 5.46. The Bertz CT molecular complexity index is 812. The van der Waals surface area contributed by atoms with Crippen molar-refractivity contribution in [3.63, 3.8) is 0 Å². The summed E-state index contributed by atoms with van der Waals surface area (Å²) in [5.74, 6) is 0.777. The molecule has 2 aromatic heterocycles. The fourth-order valence-electron chi connectivity index (χ4n) is 2.59. The van der Waals surface area contributed by atoms with Crippen LogP contribution in [0.5, 0.6) is 0 Å². The number of amides is 2. The molecular weight excluding hydrogens is 290 g/mol. The van der Waals surface area contributed by atoms with E-state index in [-0.39, 0.29) is 12.1 Å². The standard InChI is InChI=1S/C18H19N3O2/c1-12-15-8-3-4-9-16(15)23-17(12)13(2)21-18(22)20-11-14-7-5-6-10-19-14/h3-10,13H,11H2,1-2H3,(H2,20,21,22). The van der Waals surface area contributed by atoms with Crippen LogP contribution in [0.2, 0.25) is 0 Å². The molecule has 2 N–H and O–H groups in total. The van der Waals surface area contributed by atoms with Crippen LogP contribution in [0.25, 0.3) is 11.0 Å². The van der Waals surface area contributed by atoms with Crippen molar-refractivity contribution in [3.05, 3.63) is 65.7 Å². The van der Waals surface area contributed by atoms with Crippen LogP contribution in [-0.4, -0.2) is 11.0 Å². The summed E-state index contributed by atoms with van der Waals surface area (Å²) in [7, 11) is 0. The first-order valence-electron chi connectivity index (χ1n) is 7.57. The molecule has 1 atom stereocenters. The molecule has 0 fully saturated rings. The summed E-state index contributed by atoms with van der Waals surface area (Å²) < 4.78 is 5.87. The minimum Gasteiger partial charge on any atom is -0.459 e. The molecule has 1 aromatic carbocycles. The Hall–Kier alpha value is -2.82. The normalized spacial score (nSPS) is 12.1. The van der Waals surface area contributed by atoms with Gasteiger partial charge in [0.05, 0.1) is 18.3 Å². The number of para-hydroxylation sites is 1. The van der Waals surface area contributed by atoms with E-state index in [0.717, 1.165) is 28.0 Å². The Morgan fingerprint density at radius 3 is 2.74 bits per heavy atom. The highest BCUT2D eigenvalue weighted by molar-refractivity contribution is 5.82. The Balaban J connectivity index is 1.64. The predicted molar refractivity (Wildman–Crippen MR) is 89.0 cm³/mol. The average molecular weight is 309 g/mol. The third kappa shape index (κ3) is 3.34. The zero-order valence-corrected chi connectivity index (χ0v) is 13.2. The topological polar surface area (TPSA) is 67.2 Å². The molecule has 5 heteroatoms. The highest BCUT2D eigenvalue weighted by Gasteiger charge is 2.18. The number of pyridine rings is 1. The van der Waals surface area contributed by atoms with Gasteiger partial charge in [-0.1, -0.05) is 24.3 Å². The van der Waals surface area contributed by atoms with E-state index >= 15 is 0 Å². The highest BCUT2D eigenvalue weighted by Crippen LogP contribution is 2.28. The van der Waals surface area contributed by atoms with E-state index in [1.54, 1.807) is 6.20 Å². The molecule has 0 saturated carbocycles. The first kappa shape index (κ1) is 15.1. The third-order valence-corrected chi connectivity index (χ3v) is 3.78. The van der Waals surface area contributed by atoms with E-state index in [1.165, 1.54) is 0 Å². The maximum Gasteiger partial charge on any atom is 0.315 e. The fourth-order valence-corrected chi connectivity index (χ4v) is 2.59. The van der Waals surface area contributed by atoms with E-state index in [4.69, 9.17) is 4.42 Å². The van der Waals surface area contributed by atoms with Crippen LogP contribution in [0.15, 0.2) is 53.1 Å². The summed E-state index contributed by atoms with van der Waals surface area (Å²) >= 11 is 0. The van der Waals surface area contributed by atoms with Gasteiger partial charge >= 0.3 is 6.03 Å². The number of aryl methyl sites for hydroxylation is 1. The average Bonchev–Trinajstić information content (AvgIpc) is 2.91. The summed E-state index contributed by atoms with van der Waals surface area (Å²) in [5.41, 5.74) is 2.70. The third-order valence-electron chi connectivity index (χ3n) is 3.78. The molecule has 0 radical (unpaired) electrons. The van der Waals surface area contributed by atoms with Crippen molar-refractivity contribution < 1.29 is 9.21 Å². The molecule has 0 bridgehead atoms.